The molecule has 0 aromatic heterocycles. The monoisotopic (exact) mass is 266 g/mol. The average Bonchev–Trinajstić information content (AvgIpc) is 2.65. The number of cyclic esters (lactones) is 2. The van der Waals surface area contributed by atoms with E-state index < -0.39 is 5.97 Å². The smallest absolute Gasteiger partial charge is 0.317 e. The molecule has 0 radical (unpaired) electrons. The third-order valence-corrected chi connectivity index (χ3v) is 3.20. The van der Waals surface area contributed by atoms with E-state index in [4.69, 9.17) is 0 Å². The molecule has 106 valence electrons. The van der Waals surface area contributed by atoms with E-state index in [9.17, 15) is 14.4 Å². The lowest BCUT2D eigenvalue weighted by atomic mass is 10.0. The average molecular weight is 266 g/mol. The Morgan fingerprint density at radius 3 is 2.58 bits per heavy atom. The maximum absolute atomic E-state index is 11.2. The summed E-state index contributed by atoms with van der Waals surface area (Å²) in [5, 5.41) is 0. The number of hydrogen-bond acceptors (Lipinski definition) is 4. The van der Waals surface area contributed by atoms with Gasteiger partial charge < -0.3 is 9.53 Å². The number of rotatable bonds is 9. The van der Waals surface area contributed by atoms with E-state index in [-0.39, 0.29) is 24.1 Å². The molecule has 1 atom stereocenters. The summed E-state index contributed by atoms with van der Waals surface area (Å²) in [5.74, 6) is -0.815. The van der Waals surface area contributed by atoms with Crippen LogP contribution in [0.2, 0.25) is 0 Å². The molecule has 19 heavy (non-hydrogen) atoms. The number of hydrogen-bond donors (Lipinski definition) is 0. The van der Waals surface area contributed by atoms with Crippen LogP contribution in [0.25, 0.3) is 0 Å². The number of unbranched alkanes of at least 4 members (excludes halogenated alkanes) is 4. The fourth-order valence-electron chi connectivity index (χ4n) is 2.07. The lowest BCUT2D eigenvalue weighted by Gasteiger charge is -1.99. The Labute approximate surface area is 114 Å². The molecule has 0 spiro atoms. The first-order chi connectivity index (χ1) is 9.09. The minimum absolute atomic E-state index is 0.216. The van der Waals surface area contributed by atoms with Gasteiger partial charge in [-0.25, -0.2) is 0 Å². The van der Waals surface area contributed by atoms with Gasteiger partial charge in [0.05, 0.1) is 12.3 Å². The Balaban J connectivity index is 1.97. The SMILES string of the molecule is CC(=O)CCCCCCC=CCC1CC(=O)OC1=O. The molecule has 1 unspecified atom stereocenters. The van der Waals surface area contributed by atoms with Crippen LogP contribution in [0.3, 0.4) is 0 Å². The molecule has 1 saturated heterocycles. The van der Waals surface area contributed by atoms with Gasteiger partial charge >= 0.3 is 11.9 Å². The van der Waals surface area contributed by atoms with Gasteiger partial charge in [-0.05, 0) is 32.6 Å². The molecule has 4 nitrogen and oxygen atoms in total. The first kappa shape index (κ1) is 15.6. The summed E-state index contributed by atoms with van der Waals surface area (Å²) in [5.41, 5.74) is 0. The van der Waals surface area contributed by atoms with Gasteiger partial charge in [0.25, 0.3) is 0 Å². The van der Waals surface area contributed by atoms with Gasteiger partial charge in [0.1, 0.15) is 5.78 Å². The molecule has 0 N–H and O–H groups in total. The summed E-state index contributed by atoms with van der Waals surface area (Å²) < 4.78 is 4.48. The normalized spacial score (nSPS) is 19.1. The zero-order chi connectivity index (χ0) is 14.1. The molecule has 1 rings (SSSR count). The topological polar surface area (TPSA) is 60.4 Å². The number of ketones is 1. The zero-order valence-electron chi connectivity index (χ0n) is 11.5. The second-order valence-electron chi connectivity index (χ2n) is 5.06. The van der Waals surface area contributed by atoms with Crippen molar-refractivity contribution in [1.29, 1.82) is 0 Å². The molecule has 0 saturated carbocycles. The molecule has 1 heterocycles. The summed E-state index contributed by atoms with van der Waals surface area (Å²) >= 11 is 0. The Bertz CT molecular complexity index is 357. The van der Waals surface area contributed by atoms with Crippen molar-refractivity contribution in [1.82, 2.24) is 0 Å². The molecular formula is C15H22O4. The molecule has 0 bridgehead atoms. The Morgan fingerprint density at radius 1 is 1.21 bits per heavy atom. The van der Waals surface area contributed by atoms with Crippen LogP contribution in [0.1, 0.15) is 58.3 Å². The second kappa shape index (κ2) is 8.62. The van der Waals surface area contributed by atoms with Crippen molar-refractivity contribution in [3.63, 3.8) is 0 Å². The van der Waals surface area contributed by atoms with Crippen LogP contribution in [0.5, 0.6) is 0 Å². The van der Waals surface area contributed by atoms with Crippen molar-refractivity contribution in [2.75, 3.05) is 0 Å². The van der Waals surface area contributed by atoms with Crippen molar-refractivity contribution < 1.29 is 19.1 Å². The number of carbonyl (C=O) groups is 3. The number of Topliss-reactive ketones (excluding diaryl/α,β-unsaturated/α-hetero) is 1. The number of ether oxygens (including phenoxy) is 1. The van der Waals surface area contributed by atoms with Crippen molar-refractivity contribution in [3.05, 3.63) is 12.2 Å². The first-order valence-electron chi connectivity index (χ1n) is 6.98. The Morgan fingerprint density at radius 2 is 1.95 bits per heavy atom. The van der Waals surface area contributed by atoms with Crippen molar-refractivity contribution in [2.45, 2.75) is 58.3 Å². The molecule has 1 fully saturated rings. The van der Waals surface area contributed by atoms with Gasteiger partial charge in [0.15, 0.2) is 0 Å². The highest BCUT2D eigenvalue weighted by Crippen LogP contribution is 2.19. The summed E-state index contributed by atoms with van der Waals surface area (Å²) in [6, 6.07) is 0. The van der Waals surface area contributed by atoms with Crippen LogP contribution in [0.4, 0.5) is 0 Å². The van der Waals surface area contributed by atoms with Crippen molar-refractivity contribution >= 4 is 17.7 Å². The summed E-state index contributed by atoms with van der Waals surface area (Å²) in [4.78, 5) is 32.8. The van der Waals surface area contributed by atoms with Crippen molar-refractivity contribution in [2.24, 2.45) is 5.92 Å². The van der Waals surface area contributed by atoms with E-state index in [0.717, 1.165) is 32.1 Å². The fourth-order valence-corrected chi connectivity index (χ4v) is 2.07. The van der Waals surface area contributed by atoms with E-state index in [1.807, 2.05) is 6.08 Å². The summed E-state index contributed by atoms with van der Waals surface area (Å²) in [6.45, 7) is 1.63. The molecule has 1 aliphatic rings. The molecule has 0 aromatic carbocycles. The highest BCUT2D eigenvalue weighted by molar-refractivity contribution is 5.94. The number of carbonyl (C=O) groups excluding carboxylic acids is 3. The van der Waals surface area contributed by atoms with Crippen LogP contribution in [0, 0.1) is 5.92 Å². The third kappa shape index (κ3) is 6.89. The minimum Gasteiger partial charge on any atom is -0.393 e. The molecular weight excluding hydrogens is 244 g/mol. The molecule has 4 heteroatoms. The largest absolute Gasteiger partial charge is 0.393 e. The Kier molecular flexibility index (Phi) is 7.08. The van der Waals surface area contributed by atoms with E-state index in [0.29, 0.717) is 12.8 Å². The minimum atomic E-state index is -0.408. The van der Waals surface area contributed by atoms with Gasteiger partial charge in [-0.2, -0.15) is 0 Å². The maximum Gasteiger partial charge on any atom is 0.317 e. The highest BCUT2D eigenvalue weighted by Gasteiger charge is 2.31. The predicted octanol–water partition coefficient (Wildman–Crippen LogP) is 2.95. The first-order valence-corrected chi connectivity index (χ1v) is 6.98. The van der Waals surface area contributed by atoms with Crippen LogP contribution in [-0.2, 0) is 19.1 Å². The predicted molar refractivity (Wildman–Crippen MR) is 71.3 cm³/mol. The van der Waals surface area contributed by atoms with Crippen LogP contribution in [-0.4, -0.2) is 17.7 Å². The van der Waals surface area contributed by atoms with Crippen LogP contribution >= 0.6 is 0 Å². The maximum atomic E-state index is 11.2. The van der Waals surface area contributed by atoms with Gasteiger partial charge in [-0.15, -0.1) is 0 Å². The third-order valence-electron chi connectivity index (χ3n) is 3.20. The van der Waals surface area contributed by atoms with Gasteiger partial charge in [0.2, 0.25) is 0 Å². The molecule has 0 amide bonds. The van der Waals surface area contributed by atoms with E-state index in [2.05, 4.69) is 10.8 Å². The number of esters is 2. The number of allylic oxidation sites excluding steroid dienone is 2. The molecule has 1 aliphatic heterocycles. The van der Waals surface area contributed by atoms with Crippen LogP contribution < -0.4 is 0 Å². The molecule has 0 aliphatic carbocycles. The second-order valence-corrected chi connectivity index (χ2v) is 5.06. The van der Waals surface area contributed by atoms with Gasteiger partial charge in [-0.1, -0.05) is 25.0 Å². The standard InChI is InChI=1S/C15H22O4/c1-12(16)9-7-5-3-2-4-6-8-10-13-11-14(17)19-15(13)18/h6,8,13H,2-5,7,9-11H2,1H3. The summed E-state index contributed by atoms with van der Waals surface area (Å²) in [6.07, 6.45) is 10.8. The quantitative estimate of drug-likeness (QED) is 0.278. The Hall–Kier alpha value is -1.45. The fraction of sp³-hybridized carbons (Fsp3) is 0.667. The lowest BCUT2D eigenvalue weighted by Crippen LogP contribution is -2.05. The zero-order valence-corrected chi connectivity index (χ0v) is 11.5. The van der Waals surface area contributed by atoms with Crippen molar-refractivity contribution in [3.8, 4) is 0 Å². The molecule has 0 aromatic rings. The lowest BCUT2D eigenvalue weighted by molar-refractivity contribution is -0.153. The van der Waals surface area contributed by atoms with E-state index in [1.54, 1.807) is 6.92 Å². The highest BCUT2D eigenvalue weighted by atomic mass is 16.6. The summed E-state index contributed by atoms with van der Waals surface area (Å²) in [7, 11) is 0. The van der Waals surface area contributed by atoms with E-state index in [1.165, 1.54) is 0 Å². The van der Waals surface area contributed by atoms with E-state index >= 15 is 0 Å². The van der Waals surface area contributed by atoms with Gasteiger partial charge in [-0.3, -0.25) is 9.59 Å². The van der Waals surface area contributed by atoms with Gasteiger partial charge in [0, 0.05) is 6.42 Å². The van der Waals surface area contributed by atoms with Crippen LogP contribution in [0.15, 0.2) is 12.2 Å².